The number of hydrogen-bond acceptors (Lipinski definition) is 8. The lowest BCUT2D eigenvalue weighted by atomic mass is 9.83. The van der Waals surface area contributed by atoms with Crippen molar-refractivity contribution in [1.29, 1.82) is 0 Å². The SMILES string of the molecule is CC(=O)C(C)C.CC(=O)C(C)C.CC(C)C(=O)C1(C(=O)O)CC1.CC(C)C(=O)C1CCCCC1.CC(C)C(=O)CCC(=O)O.CC(C)C(=O)Cc1ccccc1. The van der Waals surface area contributed by atoms with E-state index in [2.05, 4.69) is 0 Å². The number of Topliss-reactive ketones (excluding diaryl/α,β-unsaturated/α-hetero) is 6. The summed E-state index contributed by atoms with van der Waals surface area (Å²) in [5.41, 5.74) is 0.116. The van der Waals surface area contributed by atoms with Gasteiger partial charge in [0, 0.05) is 54.3 Å². The van der Waals surface area contributed by atoms with Crippen LogP contribution in [0.2, 0.25) is 0 Å². The molecule has 0 radical (unpaired) electrons. The van der Waals surface area contributed by atoms with Crippen LogP contribution in [0.15, 0.2) is 30.3 Å². The van der Waals surface area contributed by atoms with E-state index in [1.807, 2.05) is 85.7 Å². The molecule has 10 nitrogen and oxygen atoms in total. The van der Waals surface area contributed by atoms with Gasteiger partial charge in [0.15, 0.2) is 5.78 Å². The van der Waals surface area contributed by atoms with Gasteiger partial charge in [-0.1, -0.05) is 133 Å². The molecule has 0 bridgehead atoms. The summed E-state index contributed by atoms with van der Waals surface area (Å²) >= 11 is 0. The van der Waals surface area contributed by atoms with E-state index in [0.717, 1.165) is 18.4 Å². The molecule has 0 unspecified atom stereocenters. The molecule has 0 aliphatic heterocycles. The molecule has 2 aliphatic rings. The van der Waals surface area contributed by atoms with Crippen LogP contribution < -0.4 is 0 Å². The molecule has 1 aromatic rings. The Labute approximate surface area is 338 Å². The summed E-state index contributed by atoms with van der Waals surface area (Å²) in [4.78, 5) is 85.8. The average molecular weight is 789 g/mol. The fraction of sp³-hybridized carbons (Fsp3) is 0.696. The molecule has 0 amide bonds. The predicted molar refractivity (Wildman–Crippen MR) is 223 cm³/mol. The second-order valence-electron chi connectivity index (χ2n) is 16.6. The summed E-state index contributed by atoms with van der Waals surface area (Å²) < 4.78 is 0. The van der Waals surface area contributed by atoms with E-state index < -0.39 is 17.4 Å². The van der Waals surface area contributed by atoms with Crippen LogP contribution in [0, 0.1) is 46.8 Å². The zero-order valence-corrected chi connectivity index (χ0v) is 37.2. The zero-order valence-electron chi connectivity index (χ0n) is 37.2. The topological polar surface area (TPSA) is 177 Å². The van der Waals surface area contributed by atoms with E-state index in [-0.39, 0.29) is 71.5 Å². The van der Waals surface area contributed by atoms with Crippen LogP contribution in [0.3, 0.4) is 0 Å². The first kappa shape index (κ1) is 56.5. The van der Waals surface area contributed by atoms with E-state index in [4.69, 9.17) is 10.2 Å². The smallest absolute Gasteiger partial charge is 0.317 e. The molecule has 0 atom stereocenters. The average Bonchev–Trinajstić information content (AvgIpc) is 3.94. The Balaban J connectivity index is -0.000000613. The Morgan fingerprint density at radius 1 is 0.571 bits per heavy atom. The highest BCUT2D eigenvalue weighted by molar-refractivity contribution is 6.06. The molecule has 0 saturated heterocycles. The van der Waals surface area contributed by atoms with Gasteiger partial charge in [0.25, 0.3) is 0 Å². The van der Waals surface area contributed by atoms with Crippen molar-refractivity contribution < 1.29 is 48.6 Å². The van der Waals surface area contributed by atoms with Gasteiger partial charge < -0.3 is 10.2 Å². The minimum atomic E-state index is -0.992. The third-order valence-electron chi connectivity index (χ3n) is 9.45. The maximum absolute atomic E-state index is 11.5. The molecular formula is C46H76O10. The van der Waals surface area contributed by atoms with Crippen molar-refractivity contribution in [2.75, 3.05) is 0 Å². The molecule has 0 heterocycles. The summed E-state index contributed by atoms with van der Waals surface area (Å²) in [6.45, 7) is 25.7. The highest BCUT2D eigenvalue weighted by Gasteiger charge is 2.56. The summed E-state index contributed by atoms with van der Waals surface area (Å²) in [6.07, 6.45) is 7.91. The second-order valence-corrected chi connectivity index (χ2v) is 16.6. The number of carbonyl (C=O) groups is 8. The minimum absolute atomic E-state index is 0.0161. The fourth-order valence-electron chi connectivity index (χ4n) is 4.62. The number of aliphatic carboxylic acids is 2. The lowest BCUT2D eigenvalue weighted by molar-refractivity contribution is -0.149. The molecular weight excluding hydrogens is 712 g/mol. The molecule has 1 aromatic carbocycles. The van der Waals surface area contributed by atoms with Crippen LogP contribution in [-0.2, 0) is 44.8 Å². The number of rotatable bonds is 14. The lowest BCUT2D eigenvalue weighted by Crippen LogP contribution is -2.28. The maximum atomic E-state index is 11.5. The molecule has 2 fully saturated rings. The standard InChI is InChI=1S/C11H14O.C10H18O.C8H12O3.C7H12O3.2C5H10O/c1-9(2)11(12)8-10-6-4-3-5-7-10;1-8(2)10(11)9-6-4-3-5-7-9;1-5(2)6(9)8(3-4-8)7(10)11;1-5(2)6(8)3-4-7(9)10;2*1-4(2)5(3)6/h3-7,9H,8H2,1-2H3;8-9H,3-7H2,1-2H3;5H,3-4H2,1-2H3,(H,10,11);5H,3-4H2,1-2H3,(H,9,10);2*4H,1-3H3. The van der Waals surface area contributed by atoms with Gasteiger partial charge in [-0.15, -0.1) is 0 Å². The van der Waals surface area contributed by atoms with Crippen molar-refractivity contribution in [3.63, 3.8) is 0 Å². The van der Waals surface area contributed by atoms with Crippen LogP contribution in [0.1, 0.15) is 160 Å². The van der Waals surface area contributed by atoms with Gasteiger partial charge in [-0.3, -0.25) is 38.4 Å². The van der Waals surface area contributed by atoms with Crippen LogP contribution in [0.4, 0.5) is 0 Å². The van der Waals surface area contributed by atoms with Gasteiger partial charge in [0.05, 0.1) is 6.42 Å². The first-order chi connectivity index (χ1) is 25.7. The highest BCUT2D eigenvalue weighted by Crippen LogP contribution is 2.48. The Kier molecular flexibility index (Phi) is 30.6. The summed E-state index contributed by atoms with van der Waals surface area (Å²) in [7, 11) is 0. The Bertz CT molecular complexity index is 1320. The summed E-state index contributed by atoms with van der Waals surface area (Å²) in [5.74, 6) is 0.378. The largest absolute Gasteiger partial charge is 0.481 e. The van der Waals surface area contributed by atoms with Gasteiger partial charge in [0.1, 0.15) is 34.3 Å². The first-order valence-electron chi connectivity index (χ1n) is 20.4. The van der Waals surface area contributed by atoms with Crippen LogP contribution in [-0.4, -0.2) is 56.9 Å². The van der Waals surface area contributed by atoms with Gasteiger partial charge in [-0.25, -0.2) is 0 Å². The molecule has 320 valence electrons. The molecule has 10 heteroatoms. The van der Waals surface area contributed by atoms with Crippen molar-refractivity contribution in [1.82, 2.24) is 0 Å². The summed E-state index contributed by atoms with van der Waals surface area (Å²) in [5, 5.41) is 16.9. The van der Waals surface area contributed by atoms with Crippen LogP contribution in [0.25, 0.3) is 0 Å². The molecule has 2 aliphatic carbocycles. The van der Waals surface area contributed by atoms with Crippen molar-refractivity contribution in [3.05, 3.63) is 35.9 Å². The predicted octanol–water partition coefficient (Wildman–Crippen LogP) is 9.86. The number of carbonyl (C=O) groups excluding carboxylic acids is 6. The van der Waals surface area contributed by atoms with E-state index in [0.29, 0.717) is 36.7 Å². The van der Waals surface area contributed by atoms with Crippen molar-refractivity contribution in [2.45, 2.75) is 161 Å². The van der Waals surface area contributed by atoms with Gasteiger partial charge >= 0.3 is 11.9 Å². The normalized spacial score (nSPS) is 13.9. The third kappa shape index (κ3) is 27.7. The molecule has 2 saturated carbocycles. The molecule has 56 heavy (non-hydrogen) atoms. The van der Waals surface area contributed by atoms with Crippen molar-refractivity contribution in [2.24, 2.45) is 46.8 Å². The number of carboxylic acid groups (broad SMARTS) is 2. The van der Waals surface area contributed by atoms with Crippen LogP contribution >= 0.6 is 0 Å². The zero-order chi connectivity index (χ0) is 44.3. The van der Waals surface area contributed by atoms with E-state index in [9.17, 15) is 38.4 Å². The molecule has 0 aromatic heterocycles. The minimum Gasteiger partial charge on any atom is -0.481 e. The number of ketones is 6. The number of carboxylic acids is 2. The van der Waals surface area contributed by atoms with Gasteiger partial charge in [-0.2, -0.15) is 0 Å². The van der Waals surface area contributed by atoms with Gasteiger partial charge in [0.2, 0.25) is 0 Å². The Morgan fingerprint density at radius 2 is 0.982 bits per heavy atom. The monoisotopic (exact) mass is 789 g/mol. The van der Waals surface area contributed by atoms with E-state index in [1.54, 1.807) is 41.5 Å². The van der Waals surface area contributed by atoms with Crippen LogP contribution in [0.5, 0.6) is 0 Å². The van der Waals surface area contributed by atoms with Gasteiger partial charge in [-0.05, 0) is 45.1 Å². The fourth-order valence-corrected chi connectivity index (χ4v) is 4.62. The maximum Gasteiger partial charge on any atom is 0.317 e. The van der Waals surface area contributed by atoms with Crippen molar-refractivity contribution in [3.8, 4) is 0 Å². The molecule has 2 N–H and O–H groups in total. The summed E-state index contributed by atoms with van der Waals surface area (Å²) in [6, 6.07) is 9.86. The quantitative estimate of drug-likeness (QED) is 0.173. The van der Waals surface area contributed by atoms with E-state index >= 15 is 0 Å². The Hall–Kier alpha value is -3.82. The lowest BCUT2D eigenvalue weighted by Gasteiger charge is -2.21. The second kappa shape index (κ2) is 30.3. The molecule has 0 spiro atoms. The van der Waals surface area contributed by atoms with Crippen molar-refractivity contribution >= 4 is 46.6 Å². The van der Waals surface area contributed by atoms with E-state index in [1.165, 1.54) is 19.3 Å². The number of hydrogen-bond donors (Lipinski definition) is 2. The third-order valence-corrected chi connectivity index (χ3v) is 9.45. The highest BCUT2D eigenvalue weighted by atomic mass is 16.4. The Morgan fingerprint density at radius 3 is 1.25 bits per heavy atom. The first-order valence-corrected chi connectivity index (χ1v) is 20.4. The molecule has 3 rings (SSSR count). The number of benzene rings is 1.